The molecule has 0 heterocycles. The van der Waals surface area contributed by atoms with E-state index in [1.807, 2.05) is 0 Å². The van der Waals surface area contributed by atoms with Crippen LogP contribution < -0.4 is 4.72 Å². The van der Waals surface area contributed by atoms with E-state index in [1.165, 1.54) is 12.1 Å². The van der Waals surface area contributed by atoms with Gasteiger partial charge in [-0.25, -0.2) is 13.1 Å². The molecule has 0 aromatic heterocycles. The summed E-state index contributed by atoms with van der Waals surface area (Å²) in [6.07, 6.45) is 2.41. The topological polar surface area (TPSA) is 80.3 Å². The smallest absolute Gasteiger partial charge is 0.240 e. The van der Waals surface area contributed by atoms with Gasteiger partial charge in [0.1, 0.15) is 0 Å². The second-order valence-electron chi connectivity index (χ2n) is 4.89. The Kier molecular flexibility index (Phi) is 6.70. The Bertz CT molecular complexity index is 626. The van der Waals surface area contributed by atoms with Gasteiger partial charge in [-0.05, 0) is 25.5 Å². The highest BCUT2D eigenvalue weighted by atomic mass is 32.2. The number of rotatable bonds is 8. The van der Waals surface area contributed by atoms with E-state index < -0.39 is 20.8 Å². The number of carbonyl (C=O) groups excluding carboxylic acids is 1. The first-order chi connectivity index (χ1) is 9.76. The summed E-state index contributed by atoms with van der Waals surface area (Å²) in [5, 5.41) is 0. The molecule has 0 aliphatic heterocycles. The van der Waals surface area contributed by atoms with Gasteiger partial charge in [0, 0.05) is 40.8 Å². The van der Waals surface area contributed by atoms with E-state index in [-0.39, 0.29) is 16.7 Å². The van der Waals surface area contributed by atoms with Gasteiger partial charge in [-0.3, -0.25) is 9.00 Å². The molecule has 7 heteroatoms. The minimum Gasteiger partial charge on any atom is -0.294 e. The first-order valence-corrected chi connectivity index (χ1v) is 9.93. The fraction of sp³-hybridized carbons (Fsp3) is 0.500. The molecule has 0 fully saturated rings. The van der Waals surface area contributed by atoms with Crippen molar-refractivity contribution >= 4 is 26.6 Å². The fourth-order valence-corrected chi connectivity index (χ4v) is 3.78. The molecule has 0 radical (unpaired) electrons. The zero-order chi connectivity index (χ0) is 16.0. The van der Waals surface area contributed by atoms with Gasteiger partial charge in [-0.1, -0.05) is 19.1 Å². The van der Waals surface area contributed by atoms with Crippen LogP contribution >= 0.6 is 0 Å². The number of Topliss-reactive ketones (excluding diaryl/α,β-unsaturated/α-hetero) is 1. The van der Waals surface area contributed by atoms with Crippen molar-refractivity contribution in [3.63, 3.8) is 0 Å². The monoisotopic (exact) mass is 331 g/mol. The van der Waals surface area contributed by atoms with Crippen molar-refractivity contribution in [3.8, 4) is 0 Å². The van der Waals surface area contributed by atoms with Gasteiger partial charge >= 0.3 is 0 Å². The molecule has 1 rings (SSSR count). The SMILES string of the molecule is CCC(=O)c1cccc(S(=O)(=O)NC(C)CCS(C)=O)c1. The number of hydrogen-bond donors (Lipinski definition) is 1. The summed E-state index contributed by atoms with van der Waals surface area (Å²) in [5.41, 5.74) is 0.391. The van der Waals surface area contributed by atoms with Gasteiger partial charge in [0.05, 0.1) is 4.90 Å². The standard InChI is InChI=1S/C14H21NO4S2/c1-4-14(16)12-6-5-7-13(10-12)21(18,19)15-11(2)8-9-20(3)17/h5-7,10-11,15H,4,8-9H2,1-3H3. The summed E-state index contributed by atoms with van der Waals surface area (Å²) < 4.78 is 38.1. The summed E-state index contributed by atoms with van der Waals surface area (Å²) in [6.45, 7) is 3.46. The summed E-state index contributed by atoms with van der Waals surface area (Å²) in [6, 6.07) is 5.69. The summed E-state index contributed by atoms with van der Waals surface area (Å²) >= 11 is 0. The Balaban J connectivity index is 2.87. The van der Waals surface area contributed by atoms with Gasteiger partial charge < -0.3 is 0 Å². The number of carbonyl (C=O) groups is 1. The first-order valence-electron chi connectivity index (χ1n) is 6.72. The van der Waals surface area contributed by atoms with E-state index in [1.54, 1.807) is 32.2 Å². The van der Waals surface area contributed by atoms with Crippen molar-refractivity contribution in [2.24, 2.45) is 0 Å². The molecule has 1 N–H and O–H groups in total. The van der Waals surface area contributed by atoms with Crippen molar-refractivity contribution in [2.75, 3.05) is 12.0 Å². The third kappa shape index (κ3) is 5.68. The number of nitrogens with one attached hydrogen (secondary N) is 1. The van der Waals surface area contributed by atoms with Crippen LogP contribution in [0.25, 0.3) is 0 Å². The molecule has 21 heavy (non-hydrogen) atoms. The van der Waals surface area contributed by atoms with Crippen molar-refractivity contribution in [1.29, 1.82) is 0 Å². The van der Waals surface area contributed by atoms with Crippen LogP contribution in [0.1, 0.15) is 37.0 Å². The summed E-state index contributed by atoms with van der Waals surface area (Å²) in [7, 11) is -4.62. The Hall–Kier alpha value is -1.05. The zero-order valence-corrected chi connectivity index (χ0v) is 14.1. The van der Waals surface area contributed by atoms with Gasteiger partial charge in [0.2, 0.25) is 10.0 Å². The molecule has 0 amide bonds. The van der Waals surface area contributed by atoms with E-state index in [0.717, 1.165) is 0 Å². The molecule has 2 unspecified atom stereocenters. The molecule has 0 spiro atoms. The molecule has 118 valence electrons. The highest BCUT2D eigenvalue weighted by Gasteiger charge is 2.18. The molecule has 0 saturated carbocycles. The quantitative estimate of drug-likeness (QED) is 0.736. The largest absolute Gasteiger partial charge is 0.294 e. The Labute approximate surface area is 128 Å². The third-order valence-corrected chi connectivity index (χ3v) is 5.38. The van der Waals surface area contributed by atoms with Crippen LogP contribution in [0.2, 0.25) is 0 Å². The molecule has 2 atom stereocenters. The molecule has 1 aromatic rings. The first kappa shape index (κ1) is 18.0. The van der Waals surface area contributed by atoms with Crippen LogP contribution in [-0.4, -0.2) is 36.5 Å². The minimum absolute atomic E-state index is 0.0753. The Morgan fingerprint density at radius 2 is 2.05 bits per heavy atom. The summed E-state index contributed by atoms with van der Waals surface area (Å²) in [5.74, 6) is 0.347. The maximum atomic E-state index is 12.3. The van der Waals surface area contributed by atoms with Gasteiger partial charge in [0.15, 0.2) is 5.78 Å². The molecule has 1 aromatic carbocycles. The molecule has 0 aliphatic rings. The predicted octanol–water partition coefficient (Wildman–Crippen LogP) is 1.71. The maximum Gasteiger partial charge on any atom is 0.240 e. The van der Waals surface area contributed by atoms with Crippen LogP contribution in [0.3, 0.4) is 0 Å². The van der Waals surface area contributed by atoms with Crippen LogP contribution in [0, 0.1) is 0 Å². The number of ketones is 1. The van der Waals surface area contributed by atoms with Crippen LogP contribution in [-0.2, 0) is 20.8 Å². The second kappa shape index (κ2) is 7.82. The molecule has 0 bridgehead atoms. The molecule has 0 aliphatic carbocycles. The van der Waals surface area contributed by atoms with E-state index in [9.17, 15) is 17.4 Å². The molecule has 5 nitrogen and oxygen atoms in total. The van der Waals surface area contributed by atoms with Crippen molar-refractivity contribution in [1.82, 2.24) is 4.72 Å². The minimum atomic E-state index is -3.67. The average Bonchev–Trinajstić information content (AvgIpc) is 2.44. The summed E-state index contributed by atoms with van der Waals surface area (Å²) in [4.78, 5) is 11.7. The van der Waals surface area contributed by atoms with Crippen molar-refractivity contribution in [2.45, 2.75) is 37.6 Å². The predicted molar refractivity (Wildman–Crippen MR) is 84.4 cm³/mol. The molecular formula is C14H21NO4S2. The third-order valence-electron chi connectivity index (χ3n) is 2.98. The van der Waals surface area contributed by atoms with Crippen molar-refractivity contribution < 1.29 is 17.4 Å². The molecular weight excluding hydrogens is 310 g/mol. The Morgan fingerprint density at radius 3 is 2.62 bits per heavy atom. The molecule has 0 saturated heterocycles. The lowest BCUT2D eigenvalue weighted by molar-refractivity contribution is 0.0988. The second-order valence-corrected chi connectivity index (χ2v) is 8.16. The van der Waals surface area contributed by atoms with E-state index in [2.05, 4.69) is 4.72 Å². The van der Waals surface area contributed by atoms with Gasteiger partial charge in [-0.15, -0.1) is 0 Å². The number of benzene rings is 1. The normalized spacial score (nSPS) is 14.6. The lowest BCUT2D eigenvalue weighted by atomic mass is 10.1. The lowest BCUT2D eigenvalue weighted by Gasteiger charge is -2.14. The van der Waals surface area contributed by atoms with Crippen LogP contribution in [0.4, 0.5) is 0 Å². The van der Waals surface area contributed by atoms with Crippen LogP contribution in [0.15, 0.2) is 29.2 Å². The number of hydrogen-bond acceptors (Lipinski definition) is 4. The van der Waals surface area contributed by atoms with Crippen molar-refractivity contribution in [3.05, 3.63) is 29.8 Å². The Morgan fingerprint density at radius 1 is 1.38 bits per heavy atom. The number of sulfonamides is 1. The van der Waals surface area contributed by atoms with Gasteiger partial charge in [0.25, 0.3) is 0 Å². The highest BCUT2D eigenvalue weighted by molar-refractivity contribution is 7.89. The highest BCUT2D eigenvalue weighted by Crippen LogP contribution is 2.14. The zero-order valence-electron chi connectivity index (χ0n) is 12.5. The maximum absolute atomic E-state index is 12.3. The van der Waals surface area contributed by atoms with Crippen LogP contribution in [0.5, 0.6) is 0 Å². The van der Waals surface area contributed by atoms with E-state index in [0.29, 0.717) is 24.2 Å². The average molecular weight is 331 g/mol. The van der Waals surface area contributed by atoms with E-state index in [4.69, 9.17) is 0 Å². The van der Waals surface area contributed by atoms with E-state index >= 15 is 0 Å². The fourth-order valence-electron chi connectivity index (χ4n) is 1.78. The van der Waals surface area contributed by atoms with Gasteiger partial charge in [-0.2, -0.15) is 0 Å². The lowest BCUT2D eigenvalue weighted by Crippen LogP contribution is -2.33.